The number of pyridine rings is 1. The second-order valence-electron chi connectivity index (χ2n) is 4.74. The lowest BCUT2D eigenvalue weighted by Gasteiger charge is -2.03. The molecule has 3 aromatic rings. The van der Waals surface area contributed by atoms with Crippen LogP contribution in [0.3, 0.4) is 0 Å². The van der Waals surface area contributed by atoms with Crippen molar-refractivity contribution in [3.8, 4) is 11.3 Å². The molecule has 0 unspecified atom stereocenters. The van der Waals surface area contributed by atoms with E-state index in [2.05, 4.69) is 4.98 Å². The lowest BCUT2D eigenvalue weighted by Crippen LogP contribution is -1.95. The summed E-state index contributed by atoms with van der Waals surface area (Å²) in [6.45, 7) is 3.86. The average Bonchev–Trinajstić information content (AvgIpc) is 2.66. The molecule has 0 saturated heterocycles. The van der Waals surface area contributed by atoms with Crippen LogP contribution in [0.2, 0.25) is 0 Å². The summed E-state index contributed by atoms with van der Waals surface area (Å²) in [7, 11) is 0. The zero-order valence-corrected chi connectivity index (χ0v) is 10.8. The third-order valence-electron chi connectivity index (χ3n) is 3.26. The molecular formula is C15H14FN3. The number of hydrogen-bond donors (Lipinski definition) is 1. The molecule has 0 saturated carbocycles. The van der Waals surface area contributed by atoms with E-state index < -0.39 is 0 Å². The molecule has 4 heteroatoms. The quantitative estimate of drug-likeness (QED) is 0.724. The average molecular weight is 255 g/mol. The molecule has 3 nitrogen and oxygen atoms in total. The van der Waals surface area contributed by atoms with E-state index in [0.29, 0.717) is 11.5 Å². The molecule has 0 spiro atoms. The summed E-state index contributed by atoms with van der Waals surface area (Å²) in [6.07, 6.45) is 1.90. The summed E-state index contributed by atoms with van der Waals surface area (Å²) in [6, 6.07) is 8.59. The summed E-state index contributed by atoms with van der Waals surface area (Å²) in [5.74, 6) is 0.323. The Kier molecular flexibility index (Phi) is 2.52. The Morgan fingerprint density at radius 1 is 1.16 bits per heavy atom. The van der Waals surface area contributed by atoms with Gasteiger partial charge in [0.1, 0.15) is 23.0 Å². The van der Waals surface area contributed by atoms with Crippen molar-refractivity contribution in [2.45, 2.75) is 13.8 Å². The van der Waals surface area contributed by atoms with Gasteiger partial charge in [-0.05, 0) is 55.3 Å². The number of aromatic nitrogens is 2. The maximum absolute atomic E-state index is 13.2. The van der Waals surface area contributed by atoms with Crippen LogP contribution in [0.5, 0.6) is 0 Å². The van der Waals surface area contributed by atoms with Gasteiger partial charge in [-0.25, -0.2) is 9.37 Å². The molecule has 2 aromatic heterocycles. The van der Waals surface area contributed by atoms with Gasteiger partial charge in [0.2, 0.25) is 0 Å². The number of aryl methyl sites for hydroxylation is 2. The van der Waals surface area contributed by atoms with Gasteiger partial charge < -0.3 is 5.73 Å². The first-order chi connectivity index (χ1) is 9.06. The normalized spacial score (nSPS) is 11.1. The molecule has 1 aromatic carbocycles. The van der Waals surface area contributed by atoms with E-state index in [1.165, 1.54) is 12.1 Å². The number of hydrogen-bond acceptors (Lipinski definition) is 2. The van der Waals surface area contributed by atoms with E-state index in [4.69, 9.17) is 5.73 Å². The van der Waals surface area contributed by atoms with Crippen LogP contribution >= 0.6 is 0 Å². The topological polar surface area (TPSA) is 43.3 Å². The van der Waals surface area contributed by atoms with Crippen LogP contribution in [0.1, 0.15) is 11.1 Å². The molecule has 0 fully saturated rings. The minimum absolute atomic E-state index is 0.251. The van der Waals surface area contributed by atoms with E-state index in [-0.39, 0.29) is 5.82 Å². The van der Waals surface area contributed by atoms with Crippen LogP contribution in [0, 0.1) is 19.7 Å². The largest absolute Gasteiger partial charge is 0.383 e. The van der Waals surface area contributed by atoms with Gasteiger partial charge >= 0.3 is 0 Å². The molecule has 3 rings (SSSR count). The standard InChI is InChI=1S/C15H14FN3/c1-9-5-6-19-13(7-9)18-14(15(19)17)12-4-3-11(16)8-10(12)2/h3-8H,17H2,1-2H3. The number of nitrogens with two attached hydrogens (primary N) is 1. The maximum Gasteiger partial charge on any atom is 0.139 e. The fourth-order valence-corrected chi connectivity index (χ4v) is 2.26. The fourth-order valence-electron chi connectivity index (χ4n) is 2.26. The fraction of sp³-hybridized carbons (Fsp3) is 0.133. The molecule has 0 aliphatic carbocycles. The molecule has 96 valence electrons. The van der Waals surface area contributed by atoms with E-state index in [1.54, 1.807) is 6.07 Å². The second-order valence-corrected chi connectivity index (χ2v) is 4.74. The van der Waals surface area contributed by atoms with Crippen LogP contribution in [-0.2, 0) is 0 Å². The molecule has 0 bridgehead atoms. The third kappa shape index (κ3) is 1.85. The number of fused-ring (bicyclic) bond motifs is 1. The molecule has 0 radical (unpaired) electrons. The first-order valence-electron chi connectivity index (χ1n) is 6.07. The predicted molar refractivity (Wildman–Crippen MR) is 74.5 cm³/mol. The predicted octanol–water partition coefficient (Wildman–Crippen LogP) is 3.34. The van der Waals surface area contributed by atoms with Gasteiger partial charge in [-0.3, -0.25) is 4.40 Å². The smallest absolute Gasteiger partial charge is 0.139 e. The summed E-state index contributed by atoms with van der Waals surface area (Å²) >= 11 is 0. The zero-order chi connectivity index (χ0) is 13.6. The van der Waals surface area contributed by atoms with Gasteiger partial charge in [-0.1, -0.05) is 0 Å². The number of imidazole rings is 1. The van der Waals surface area contributed by atoms with Crippen LogP contribution in [0.25, 0.3) is 16.9 Å². The summed E-state index contributed by atoms with van der Waals surface area (Å²) in [5, 5.41) is 0. The maximum atomic E-state index is 13.2. The third-order valence-corrected chi connectivity index (χ3v) is 3.26. The van der Waals surface area contributed by atoms with E-state index in [0.717, 1.165) is 22.3 Å². The number of nitrogen functional groups attached to an aromatic ring is 1. The van der Waals surface area contributed by atoms with Gasteiger partial charge in [0.15, 0.2) is 0 Å². The van der Waals surface area contributed by atoms with Gasteiger partial charge in [-0.2, -0.15) is 0 Å². The summed E-state index contributed by atoms with van der Waals surface area (Å²) < 4.78 is 15.0. The highest BCUT2D eigenvalue weighted by atomic mass is 19.1. The highest BCUT2D eigenvalue weighted by Gasteiger charge is 2.13. The van der Waals surface area contributed by atoms with Crippen molar-refractivity contribution in [1.29, 1.82) is 0 Å². The second kappa shape index (κ2) is 4.09. The molecule has 0 atom stereocenters. The molecule has 0 aliphatic rings. The first kappa shape index (κ1) is 11.7. The Morgan fingerprint density at radius 2 is 1.95 bits per heavy atom. The Bertz CT molecular complexity index is 774. The van der Waals surface area contributed by atoms with Crippen molar-refractivity contribution in [2.24, 2.45) is 0 Å². The van der Waals surface area contributed by atoms with E-state index in [1.807, 2.05) is 36.6 Å². The Balaban J connectivity index is 2.27. The Labute approximate surface area is 110 Å². The van der Waals surface area contributed by atoms with Gasteiger partial charge in [0.05, 0.1) is 0 Å². The van der Waals surface area contributed by atoms with Crippen molar-refractivity contribution in [3.63, 3.8) is 0 Å². The van der Waals surface area contributed by atoms with Gasteiger partial charge in [0.25, 0.3) is 0 Å². The molecule has 0 amide bonds. The lowest BCUT2D eigenvalue weighted by atomic mass is 10.1. The summed E-state index contributed by atoms with van der Waals surface area (Å²) in [5.41, 5.74) is 10.4. The number of benzene rings is 1. The number of rotatable bonds is 1. The van der Waals surface area contributed by atoms with Gasteiger partial charge in [0, 0.05) is 11.8 Å². The molecule has 0 aliphatic heterocycles. The monoisotopic (exact) mass is 255 g/mol. The Morgan fingerprint density at radius 3 is 2.68 bits per heavy atom. The summed E-state index contributed by atoms with van der Waals surface area (Å²) in [4.78, 5) is 4.55. The van der Waals surface area contributed by atoms with Crippen LogP contribution < -0.4 is 5.73 Å². The zero-order valence-electron chi connectivity index (χ0n) is 10.8. The molecule has 2 N–H and O–H groups in total. The highest BCUT2D eigenvalue weighted by Crippen LogP contribution is 2.29. The van der Waals surface area contributed by atoms with Crippen molar-refractivity contribution < 1.29 is 4.39 Å². The minimum Gasteiger partial charge on any atom is -0.383 e. The first-order valence-corrected chi connectivity index (χ1v) is 6.07. The SMILES string of the molecule is Cc1ccn2c(N)c(-c3ccc(F)cc3C)nc2c1. The molecule has 19 heavy (non-hydrogen) atoms. The van der Waals surface area contributed by atoms with E-state index in [9.17, 15) is 4.39 Å². The van der Waals surface area contributed by atoms with Crippen molar-refractivity contribution >= 4 is 11.5 Å². The van der Waals surface area contributed by atoms with Crippen molar-refractivity contribution in [3.05, 3.63) is 53.5 Å². The number of halogens is 1. The number of anilines is 1. The van der Waals surface area contributed by atoms with Crippen molar-refractivity contribution in [1.82, 2.24) is 9.38 Å². The number of nitrogens with zero attached hydrogens (tertiary/aromatic N) is 2. The molecular weight excluding hydrogens is 241 g/mol. The Hall–Kier alpha value is -2.36. The van der Waals surface area contributed by atoms with Gasteiger partial charge in [-0.15, -0.1) is 0 Å². The lowest BCUT2D eigenvalue weighted by molar-refractivity contribution is 0.627. The highest BCUT2D eigenvalue weighted by molar-refractivity contribution is 5.77. The van der Waals surface area contributed by atoms with Crippen LogP contribution in [-0.4, -0.2) is 9.38 Å². The van der Waals surface area contributed by atoms with Crippen molar-refractivity contribution in [2.75, 3.05) is 5.73 Å². The minimum atomic E-state index is -0.251. The van der Waals surface area contributed by atoms with E-state index >= 15 is 0 Å². The molecule has 2 heterocycles. The van der Waals surface area contributed by atoms with Crippen LogP contribution in [0.15, 0.2) is 36.5 Å². The van der Waals surface area contributed by atoms with Crippen LogP contribution in [0.4, 0.5) is 10.2 Å².